The van der Waals surface area contributed by atoms with Crippen LogP contribution in [0.2, 0.25) is 5.02 Å². The molecule has 1 amide bonds. The van der Waals surface area contributed by atoms with Gasteiger partial charge in [0.1, 0.15) is 0 Å². The summed E-state index contributed by atoms with van der Waals surface area (Å²) < 4.78 is 0. The summed E-state index contributed by atoms with van der Waals surface area (Å²) in [7, 11) is 0. The van der Waals surface area contributed by atoms with Gasteiger partial charge in [0, 0.05) is 41.7 Å². The number of halogens is 1. The molecule has 156 valence electrons. The molecule has 2 aromatic carbocycles. The molecule has 0 aromatic heterocycles. The van der Waals surface area contributed by atoms with Crippen LogP contribution in [0.25, 0.3) is 17.2 Å². The first kappa shape index (κ1) is 20.4. The Morgan fingerprint density at radius 1 is 1.23 bits per heavy atom. The molecule has 1 atom stereocenters. The third-order valence-corrected chi connectivity index (χ3v) is 5.80. The van der Waals surface area contributed by atoms with Crippen LogP contribution in [0.3, 0.4) is 0 Å². The lowest BCUT2D eigenvalue weighted by atomic mass is 9.96. The number of amides is 1. The van der Waals surface area contributed by atoms with Crippen molar-refractivity contribution in [3.05, 3.63) is 58.6 Å². The molecule has 0 saturated carbocycles. The average molecular weight is 428 g/mol. The number of fused-ring (bicyclic) bond motifs is 1. The van der Waals surface area contributed by atoms with Crippen LogP contribution in [-0.4, -0.2) is 41.6 Å². The minimum absolute atomic E-state index is 0.192. The fourth-order valence-electron chi connectivity index (χ4n) is 3.90. The van der Waals surface area contributed by atoms with E-state index < -0.39 is 11.9 Å². The van der Waals surface area contributed by atoms with Gasteiger partial charge >= 0.3 is 5.97 Å². The number of piperidine rings is 1. The van der Waals surface area contributed by atoms with Crippen LogP contribution >= 0.6 is 11.6 Å². The van der Waals surface area contributed by atoms with Crippen molar-refractivity contribution in [1.82, 2.24) is 4.90 Å². The zero-order chi connectivity index (χ0) is 21.1. The SMILES string of the molecule is O=C(O)C1CCCN(C(=O)/C=C/c2cccc(Cl)c2-c2ccc3c(c2)CCOO3)C1. The van der Waals surface area contributed by atoms with Crippen molar-refractivity contribution in [2.45, 2.75) is 19.3 Å². The Balaban J connectivity index is 1.59. The van der Waals surface area contributed by atoms with Gasteiger partial charge in [-0.2, -0.15) is 4.89 Å². The zero-order valence-corrected chi connectivity index (χ0v) is 17.1. The van der Waals surface area contributed by atoms with E-state index >= 15 is 0 Å². The van der Waals surface area contributed by atoms with Crippen molar-refractivity contribution in [3.8, 4) is 16.9 Å². The summed E-state index contributed by atoms with van der Waals surface area (Å²) in [6.45, 7) is 1.31. The molecule has 0 bridgehead atoms. The second-order valence-electron chi connectivity index (χ2n) is 7.48. The highest BCUT2D eigenvalue weighted by Crippen LogP contribution is 2.36. The first-order chi connectivity index (χ1) is 14.5. The first-order valence-corrected chi connectivity index (χ1v) is 10.3. The van der Waals surface area contributed by atoms with E-state index in [2.05, 4.69) is 0 Å². The van der Waals surface area contributed by atoms with E-state index in [0.717, 1.165) is 28.7 Å². The average Bonchev–Trinajstić information content (AvgIpc) is 2.77. The molecule has 2 aliphatic heterocycles. The fourth-order valence-corrected chi connectivity index (χ4v) is 4.19. The van der Waals surface area contributed by atoms with Crippen molar-refractivity contribution in [1.29, 1.82) is 0 Å². The number of aliphatic carboxylic acids is 1. The summed E-state index contributed by atoms with van der Waals surface area (Å²) in [6, 6.07) is 11.4. The van der Waals surface area contributed by atoms with E-state index in [1.54, 1.807) is 11.0 Å². The second kappa shape index (κ2) is 8.90. The number of likely N-dealkylation sites (tertiary alicyclic amines) is 1. The van der Waals surface area contributed by atoms with Gasteiger partial charge in [-0.25, -0.2) is 0 Å². The number of benzene rings is 2. The lowest BCUT2D eigenvalue weighted by molar-refractivity contribution is -0.215. The maximum atomic E-state index is 12.6. The molecule has 4 rings (SSSR count). The number of hydrogen-bond donors (Lipinski definition) is 1. The van der Waals surface area contributed by atoms with Gasteiger partial charge in [0.25, 0.3) is 0 Å². The molecule has 2 heterocycles. The van der Waals surface area contributed by atoms with Crippen LogP contribution in [-0.2, 0) is 20.9 Å². The normalized spacial score (nSPS) is 18.7. The molecule has 1 saturated heterocycles. The van der Waals surface area contributed by atoms with Crippen LogP contribution < -0.4 is 4.89 Å². The number of carboxylic acid groups (broad SMARTS) is 1. The highest BCUT2D eigenvalue weighted by Gasteiger charge is 2.27. The van der Waals surface area contributed by atoms with Crippen molar-refractivity contribution in [2.24, 2.45) is 5.92 Å². The number of rotatable bonds is 4. The van der Waals surface area contributed by atoms with E-state index in [1.807, 2.05) is 36.4 Å². The number of carboxylic acids is 1. The summed E-state index contributed by atoms with van der Waals surface area (Å²) >= 11 is 6.51. The fraction of sp³-hybridized carbons (Fsp3) is 0.304. The third-order valence-electron chi connectivity index (χ3n) is 5.49. The molecule has 2 aliphatic rings. The minimum Gasteiger partial charge on any atom is -0.481 e. The molecule has 0 aliphatic carbocycles. The largest absolute Gasteiger partial charge is 0.481 e. The summed E-state index contributed by atoms with van der Waals surface area (Å²) in [5.41, 5.74) is 3.62. The van der Waals surface area contributed by atoms with E-state index in [-0.39, 0.29) is 12.5 Å². The predicted octanol–water partition coefficient (Wildman–Crippen LogP) is 4.21. The standard InChI is InChI=1S/C23H22ClNO5/c24-19-5-1-3-15(7-9-21(26)25-11-2-4-18(14-25)23(27)28)22(19)17-6-8-20-16(13-17)10-12-29-30-20/h1,3,5-9,13,18H,2,4,10-12,14H2,(H,27,28)/b9-7+. The Morgan fingerprint density at radius 3 is 2.93 bits per heavy atom. The summed E-state index contributed by atoms with van der Waals surface area (Å²) in [5, 5.41) is 9.82. The molecular weight excluding hydrogens is 406 g/mol. The summed E-state index contributed by atoms with van der Waals surface area (Å²) in [6.07, 6.45) is 5.28. The second-order valence-corrected chi connectivity index (χ2v) is 7.88. The molecule has 1 fully saturated rings. The maximum absolute atomic E-state index is 12.6. The predicted molar refractivity (Wildman–Crippen MR) is 113 cm³/mol. The molecule has 1 N–H and O–H groups in total. The highest BCUT2D eigenvalue weighted by molar-refractivity contribution is 6.33. The summed E-state index contributed by atoms with van der Waals surface area (Å²) in [5.74, 6) is -0.847. The Bertz CT molecular complexity index is 1000. The Morgan fingerprint density at radius 2 is 2.10 bits per heavy atom. The van der Waals surface area contributed by atoms with Crippen molar-refractivity contribution < 1.29 is 24.5 Å². The minimum atomic E-state index is -0.851. The van der Waals surface area contributed by atoms with Gasteiger partial charge in [0.15, 0.2) is 5.75 Å². The molecule has 1 unspecified atom stereocenters. The topological polar surface area (TPSA) is 76.1 Å². The molecule has 0 spiro atoms. The molecule has 7 heteroatoms. The zero-order valence-electron chi connectivity index (χ0n) is 16.3. The van der Waals surface area contributed by atoms with Gasteiger partial charge in [-0.05, 0) is 48.2 Å². The van der Waals surface area contributed by atoms with Gasteiger partial charge in [-0.3, -0.25) is 9.59 Å². The quantitative estimate of drug-likeness (QED) is 0.584. The third kappa shape index (κ3) is 4.35. The smallest absolute Gasteiger partial charge is 0.308 e. The van der Waals surface area contributed by atoms with Gasteiger partial charge in [-0.1, -0.05) is 29.8 Å². The maximum Gasteiger partial charge on any atom is 0.308 e. The first-order valence-electron chi connectivity index (χ1n) is 9.94. The molecule has 30 heavy (non-hydrogen) atoms. The highest BCUT2D eigenvalue weighted by atomic mass is 35.5. The Labute approximate surface area is 179 Å². The van der Waals surface area contributed by atoms with Gasteiger partial charge < -0.3 is 14.9 Å². The van der Waals surface area contributed by atoms with E-state index in [4.69, 9.17) is 21.4 Å². The Hall–Kier alpha value is -2.83. The van der Waals surface area contributed by atoms with Crippen molar-refractivity contribution >= 4 is 29.6 Å². The van der Waals surface area contributed by atoms with Crippen molar-refractivity contribution in [2.75, 3.05) is 19.7 Å². The molecule has 0 radical (unpaired) electrons. The molecule has 2 aromatic rings. The lowest BCUT2D eigenvalue weighted by Gasteiger charge is -2.29. The number of nitrogens with zero attached hydrogens (tertiary/aromatic N) is 1. The van der Waals surface area contributed by atoms with Crippen LogP contribution in [0.4, 0.5) is 0 Å². The van der Waals surface area contributed by atoms with Gasteiger partial charge in [-0.15, -0.1) is 0 Å². The van der Waals surface area contributed by atoms with E-state index in [1.165, 1.54) is 6.08 Å². The number of hydrogen-bond acceptors (Lipinski definition) is 4. The Kier molecular flexibility index (Phi) is 6.06. The van der Waals surface area contributed by atoms with Crippen LogP contribution in [0, 0.1) is 5.92 Å². The lowest BCUT2D eigenvalue weighted by Crippen LogP contribution is -2.41. The van der Waals surface area contributed by atoms with Crippen LogP contribution in [0.15, 0.2) is 42.5 Å². The molecular formula is C23H22ClNO5. The van der Waals surface area contributed by atoms with Crippen molar-refractivity contribution in [3.63, 3.8) is 0 Å². The number of carbonyl (C=O) groups is 2. The van der Waals surface area contributed by atoms with E-state index in [9.17, 15) is 14.7 Å². The van der Waals surface area contributed by atoms with Gasteiger partial charge in [0.05, 0.1) is 12.5 Å². The number of carbonyl (C=O) groups excluding carboxylic acids is 1. The summed E-state index contributed by atoms with van der Waals surface area (Å²) in [4.78, 5) is 35.7. The van der Waals surface area contributed by atoms with Crippen LogP contribution in [0.5, 0.6) is 5.75 Å². The monoisotopic (exact) mass is 427 g/mol. The molecule has 6 nitrogen and oxygen atoms in total. The van der Waals surface area contributed by atoms with Gasteiger partial charge in [0.2, 0.25) is 5.91 Å². The van der Waals surface area contributed by atoms with E-state index in [0.29, 0.717) is 36.8 Å². The van der Waals surface area contributed by atoms with Crippen LogP contribution in [0.1, 0.15) is 24.0 Å².